The van der Waals surface area contributed by atoms with E-state index in [0.29, 0.717) is 30.1 Å². The van der Waals surface area contributed by atoms with E-state index in [0.717, 1.165) is 25.9 Å². The van der Waals surface area contributed by atoms with E-state index in [4.69, 9.17) is 0 Å². The van der Waals surface area contributed by atoms with Crippen LogP contribution in [0.4, 0.5) is 11.4 Å². The summed E-state index contributed by atoms with van der Waals surface area (Å²) in [5, 5.41) is 6.12. The molecule has 2 rings (SSSR count). The molecule has 0 spiro atoms. The number of hydrogen-bond acceptors (Lipinski definition) is 4. The molecule has 1 aliphatic rings. The van der Waals surface area contributed by atoms with Gasteiger partial charge < -0.3 is 10.6 Å². The molecule has 0 saturated carbocycles. The van der Waals surface area contributed by atoms with Crippen LogP contribution in [0.15, 0.2) is 24.3 Å². The van der Waals surface area contributed by atoms with Gasteiger partial charge in [0, 0.05) is 12.1 Å². The highest BCUT2D eigenvalue weighted by Gasteiger charge is 2.16. The monoisotopic (exact) mass is 375 g/mol. The Bertz CT molecular complexity index is 631. The third kappa shape index (κ3) is 7.07. The number of amides is 1. The minimum Gasteiger partial charge on any atom is -0.326 e. The molecule has 3 N–H and O–H groups in total. The second-order valence-corrected chi connectivity index (χ2v) is 7.79. The van der Waals surface area contributed by atoms with Gasteiger partial charge >= 0.3 is 0 Å². The van der Waals surface area contributed by atoms with E-state index in [1.54, 1.807) is 24.3 Å². The predicted molar refractivity (Wildman–Crippen MR) is 100 cm³/mol. The highest BCUT2D eigenvalue weighted by molar-refractivity contribution is 7.92. The van der Waals surface area contributed by atoms with Crippen molar-refractivity contribution in [2.45, 2.75) is 32.6 Å². The Kier molecular flexibility index (Phi) is 8.52. The number of hydrogen-bond donors (Lipinski definition) is 3. The summed E-state index contributed by atoms with van der Waals surface area (Å²) >= 11 is 0. The van der Waals surface area contributed by atoms with E-state index in [2.05, 4.69) is 15.4 Å². The minimum atomic E-state index is -3.32. The van der Waals surface area contributed by atoms with Gasteiger partial charge in [-0.3, -0.25) is 9.52 Å². The molecule has 1 aliphatic heterocycles. The lowest BCUT2D eigenvalue weighted by atomic mass is 10.0. The first-order valence-corrected chi connectivity index (χ1v) is 9.75. The van der Waals surface area contributed by atoms with Crippen LogP contribution in [0.3, 0.4) is 0 Å². The number of halogens is 1. The summed E-state index contributed by atoms with van der Waals surface area (Å²) in [7, 11) is -3.32. The Morgan fingerprint density at radius 3 is 2.75 bits per heavy atom. The van der Waals surface area contributed by atoms with Crippen LogP contribution in [-0.4, -0.2) is 33.2 Å². The maximum absolute atomic E-state index is 12.0. The SMILES string of the molecule is CCCS(=O)(=O)Nc1cccc(NC(=O)CCC2CCNC2)c1.Cl. The van der Waals surface area contributed by atoms with Gasteiger partial charge in [0.2, 0.25) is 15.9 Å². The first-order chi connectivity index (χ1) is 11.0. The summed E-state index contributed by atoms with van der Waals surface area (Å²) in [6.45, 7) is 3.84. The average molecular weight is 376 g/mol. The molecule has 1 fully saturated rings. The Labute approximate surface area is 150 Å². The fraction of sp³-hybridized carbons (Fsp3) is 0.562. The van der Waals surface area contributed by atoms with Gasteiger partial charge in [0.25, 0.3) is 0 Å². The van der Waals surface area contributed by atoms with Gasteiger partial charge in [0.1, 0.15) is 0 Å². The van der Waals surface area contributed by atoms with E-state index >= 15 is 0 Å². The van der Waals surface area contributed by atoms with Crippen molar-refractivity contribution in [1.82, 2.24) is 5.32 Å². The normalized spacial score (nSPS) is 17.1. The summed E-state index contributed by atoms with van der Waals surface area (Å²) in [5.74, 6) is 0.623. The predicted octanol–water partition coefficient (Wildman–Crippen LogP) is 2.59. The molecule has 8 heteroatoms. The van der Waals surface area contributed by atoms with Crippen molar-refractivity contribution in [3.63, 3.8) is 0 Å². The maximum Gasteiger partial charge on any atom is 0.232 e. The van der Waals surface area contributed by atoms with E-state index in [1.807, 2.05) is 6.92 Å². The number of nitrogens with one attached hydrogen (secondary N) is 3. The zero-order chi connectivity index (χ0) is 16.7. The van der Waals surface area contributed by atoms with Crippen LogP contribution in [0.25, 0.3) is 0 Å². The van der Waals surface area contributed by atoms with Crippen LogP contribution in [-0.2, 0) is 14.8 Å². The van der Waals surface area contributed by atoms with Gasteiger partial charge in [-0.1, -0.05) is 13.0 Å². The standard InChI is InChI=1S/C16H25N3O3S.ClH/c1-2-10-23(21,22)19-15-5-3-4-14(11-15)18-16(20)7-6-13-8-9-17-12-13;/h3-5,11,13,17,19H,2,6-10,12H2,1H3,(H,18,20);1H. The van der Waals surface area contributed by atoms with Crippen molar-refractivity contribution in [2.75, 3.05) is 28.9 Å². The first kappa shape index (κ1) is 20.7. The smallest absolute Gasteiger partial charge is 0.232 e. The summed E-state index contributed by atoms with van der Waals surface area (Å²) < 4.78 is 26.1. The van der Waals surface area contributed by atoms with Crippen LogP contribution >= 0.6 is 12.4 Å². The zero-order valence-electron chi connectivity index (χ0n) is 13.9. The van der Waals surface area contributed by atoms with E-state index < -0.39 is 10.0 Å². The fourth-order valence-electron chi connectivity index (χ4n) is 2.68. The molecule has 136 valence electrons. The van der Waals surface area contributed by atoms with Crippen molar-refractivity contribution in [2.24, 2.45) is 5.92 Å². The van der Waals surface area contributed by atoms with Crippen LogP contribution in [0.5, 0.6) is 0 Å². The summed E-state index contributed by atoms with van der Waals surface area (Å²) in [6.07, 6.45) is 3.05. The van der Waals surface area contributed by atoms with Crippen LogP contribution < -0.4 is 15.4 Å². The third-order valence-corrected chi connectivity index (χ3v) is 5.33. The molecule has 1 amide bonds. The Morgan fingerprint density at radius 2 is 2.08 bits per heavy atom. The zero-order valence-corrected chi connectivity index (χ0v) is 15.5. The minimum absolute atomic E-state index is 0. The molecular formula is C16H26ClN3O3S. The Morgan fingerprint density at radius 1 is 1.33 bits per heavy atom. The highest BCUT2D eigenvalue weighted by Crippen LogP contribution is 2.18. The molecule has 1 heterocycles. The molecule has 1 atom stereocenters. The molecule has 24 heavy (non-hydrogen) atoms. The average Bonchev–Trinajstić information content (AvgIpc) is 2.98. The second-order valence-electron chi connectivity index (χ2n) is 5.95. The van der Waals surface area contributed by atoms with Gasteiger partial charge in [-0.2, -0.15) is 0 Å². The number of sulfonamides is 1. The quantitative estimate of drug-likeness (QED) is 0.651. The van der Waals surface area contributed by atoms with Gasteiger partial charge in [-0.25, -0.2) is 8.42 Å². The number of anilines is 2. The van der Waals surface area contributed by atoms with Crippen molar-refractivity contribution >= 4 is 39.7 Å². The van der Waals surface area contributed by atoms with Crippen molar-refractivity contribution < 1.29 is 13.2 Å². The molecule has 0 aromatic heterocycles. The highest BCUT2D eigenvalue weighted by atomic mass is 35.5. The summed E-state index contributed by atoms with van der Waals surface area (Å²) in [4.78, 5) is 12.0. The van der Waals surface area contributed by atoms with Crippen LogP contribution in [0.1, 0.15) is 32.6 Å². The van der Waals surface area contributed by atoms with Crippen molar-refractivity contribution in [3.8, 4) is 0 Å². The lowest BCUT2D eigenvalue weighted by molar-refractivity contribution is -0.116. The number of carbonyl (C=O) groups is 1. The summed E-state index contributed by atoms with van der Waals surface area (Å²) in [5.41, 5.74) is 1.08. The van der Waals surface area contributed by atoms with E-state index in [9.17, 15) is 13.2 Å². The molecule has 0 bridgehead atoms. The van der Waals surface area contributed by atoms with Gasteiger partial charge in [-0.05, 0) is 56.5 Å². The summed E-state index contributed by atoms with van der Waals surface area (Å²) in [6, 6.07) is 6.79. The molecule has 1 saturated heterocycles. The fourth-order valence-corrected chi connectivity index (χ4v) is 3.80. The number of benzene rings is 1. The molecule has 0 aliphatic carbocycles. The third-order valence-electron chi connectivity index (χ3n) is 3.83. The Hall–Kier alpha value is -1.31. The van der Waals surface area contributed by atoms with Crippen molar-refractivity contribution in [3.05, 3.63) is 24.3 Å². The van der Waals surface area contributed by atoms with Crippen LogP contribution in [0, 0.1) is 5.92 Å². The van der Waals surface area contributed by atoms with Crippen molar-refractivity contribution in [1.29, 1.82) is 0 Å². The van der Waals surface area contributed by atoms with Gasteiger partial charge in [0.05, 0.1) is 11.4 Å². The molecule has 1 aromatic rings. The largest absolute Gasteiger partial charge is 0.326 e. The molecule has 1 unspecified atom stereocenters. The molecular weight excluding hydrogens is 350 g/mol. The lowest BCUT2D eigenvalue weighted by Gasteiger charge is -2.11. The number of carbonyl (C=O) groups excluding carboxylic acids is 1. The topological polar surface area (TPSA) is 87.3 Å². The van der Waals surface area contributed by atoms with E-state index in [-0.39, 0.29) is 24.1 Å². The van der Waals surface area contributed by atoms with Crippen LogP contribution in [0.2, 0.25) is 0 Å². The van der Waals surface area contributed by atoms with E-state index in [1.165, 1.54) is 0 Å². The molecule has 0 radical (unpaired) electrons. The second kappa shape index (κ2) is 9.86. The lowest BCUT2D eigenvalue weighted by Crippen LogP contribution is -2.17. The van der Waals surface area contributed by atoms with Gasteiger partial charge in [-0.15, -0.1) is 12.4 Å². The van der Waals surface area contributed by atoms with Gasteiger partial charge in [0.15, 0.2) is 0 Å². The molecule has 1 aromatic carbocycles. The maximum atomic E-state index is 12.0. The first-order valence-electron chi connectivity index (χ1n) is 8.09. The number of rotatable bonds is 8. The molecule has 6 nitrogen and oxygen atoms in total. The Balaban J connectivity index is 0.00000288.